The molecule has 6 nitrogen and oxygen atoms in total. The average molecular weight is 404 g/mol. The van der Waals surface area contributed by atoms with Crippen molar-refractivity contribution in [3.05, 3.63) is 82.0 Å². The van der Waals surface area contributed by atoms with Crippen LogP contribution in [0.3, 0.4) is 0 Å². The fourth-order valence-corrected chi connectivity index (χ4v) is 4.04. The first-order valence-electron chi connectivity index (χ1n) is 9.32. The van der Waals surface area contributed by atoms with Gasteiger partial charge < -0.3 is 5.32 Å². The number of benzene rings is 2. The smallest absolute Gasteiger partial charge is 0.263 e. The molecule has 0 saturated carbocycles. The van der Waals surface area contributed by atoms with Gasteiger partial charge in [0.25, 0.3) is 5.91 Å². The maximum absolute atomic E-state index is 12.6. The van der Waals surface area contributed by atoms with Crippen molar-refractivity contribution in [1.29, 1.82) is 0 Å². The number of thiazole rings is 1. The Morgan fingerprint density at radius 1 is 1.03 bits per heavy atom. The van der Waals surface area contributed by atoms with Crippen molar-refractivity contribution in [3.63, 3.8) is 0 Å². The Balaban J connectivity index is 1.56. The molecule has 0 aliphatic carbocycles. The first-order chi connectivity index (χ1) is 14.0. The fraction of sp³-hybridized carbons (Fsp3) is 0.182. The van der Waals surface area contributed by atoms with Crippen molar-refractivity contribution >= 4 is 17.2 Å². The Bertz CT molecular complexity index is 1150. The van der Waals surface area contributed by atoms with Crippen LogP contribution in [0.25, 0.3) is 16.4 Å². The second-order valence-electron chi connectivity index (χ2n) is 6.87. The molecule has 7 heteroatoms. The van der Waals surface area contributed by atoms with Crippen LogP contribution in [0.4, 0.5) is 0 Å². The van der Waals surface area contributed by atoms with E-state index in [1.165, 1.54) is 16.9 Å². The van der Waals surface area contributed by atoms with E-state index < -0.39 is 0 Å². The molecule has 4 rings (SSSR count). The van der Waals surface area contributed by atoms with E-state index in [9.17, 15) is 4.79 Å². The van der Waals surface area contributed by atoms with Crippen molar-refractivity contribution in [2.24, 2.45) is 0 Å². The van der Waals surface area contributed by atoms with E-state index in [1.54, 1.807) is 4.68 Å². The fourth-order valence-electron chi connectivity index (χ4n) is 3.02. The highest BCUT2D eigenvalue weighted by atomic mass is 32.1. The molecule has 1 N–H and O–H groups in total. The average Bonchev–Trinajstić information content (AvgIpc) is 3.30. The molecule has 0 atom stereocenters. The van der Waals surface area contributed by atoms with Gasteiger partial charge in [-0.3, -0.25) is 4.79 Å². The lowest BCUT2D eigenvalue weighted by Gasteiger charge is -2.04. The summed E-state index contributed by atoms with van der Waals surface area (Å²) in [6.07, 6.45) is 0. The Labute approximate surface area is 173 Å². The number of amides is 1. The molecule has 29 heavy (non-hydrogen) atoms. The first-order valence-corrected chi connectivity index (χ1v) is 10.1. The van der Waals surface area contributed by atoms with E-state index in [4.69, 9.17) is 0 Å². The molecule has 0 fully saturated rings. The third-order valence-electron chi connectivity index (χ3n) is 4.67. The Hall–Kier alpha value is -3.32. The van der Waals surface area contributed by atoms with E-state index in [2.05, 4.69) is 20.6 Å². The van der Waals surface area contributed by atoms with Crippen LogP contribution in [-0.4, -0.2) is 25.9 Å². The monoisotopic (exact) mass is 403 g/mol. The highest BCUT2D eigenvalue weighted by Gasteiger charge is 2.20. The SMILES string of the molecule is Cc1ccc(-n2nnc(-c3nc(C)c(C(=O)NCc4ccccc4)s3)c2C)cc1. The number of carbonyl (C=O) groups is 1. The van der Waals surface area contributed by atoms with Gasteiger partial charge in [-0.25, -0.2) is 9.67 Å². The van der Waals surface area contributed by atoms with E-state index in [-0.39, 0.29) is 5.91 Å². The molecular weight excluding hydrogens is 382 g/mol. The lowest BCUT2D eigenvalue weighted by molar-refractivity contribution is 0.0954. The van der Waals surface area contributed by atoms with Crippen LogP contribution < -0.4 is 5.32 Å². The third-order valence-corrected chi connectivity index (χ3v) is 5.84. The summed E-state index contributed by atoms with van der Waals surface area (Å²) in [5, 5.41) is 12.3. The van der Waals surface area contributed by atoms with Crippen LogP contribution in [0, 0.1) is 20.8 Å². The molecule has 0 saturated heterocycles. The molecule has 2 aromatic heterocycles. The molecule has 0 bridgehead atoms. The molecule has 146 valence electrons. The number of aryl methyl sites for hydroxylation is 2. The largest absolute Gasteiger partial charge is 0.347 e. The van der Waals surface area contributed by atoms with Gasteiger partial charge in [0.05, 0.1) is 17.1 Å². The number of hydrogen-bond acceptors (Lipinski definition) is 5. The summed E-state index contributed by atoms with van der Waals surface area (Å²) in [5.41, 5.74) is 5.47. The lowest BCUT2D eigenvalue weighted by atomic mass is 10.2. The molecule has 4 aromatic rings. The maximum atomic E-state index is 12.6. The van der Waals surface area contributed by atoms with Gasteiger partial charge in [-0.05, 0) is 38.5 Å². The minimum Gasteiger partial charge on any atom is -0.347 e. The Morgan fingerprint density at radius 2 is 1.76 bits per heavy atom. The van der Waals surface area contributed by atoms with Gasteiger partial charge in [0, 0.05) is 6.54 Å². The van der Waals surface area contributed by atoms with E-state index in [0.717, 1.165) is 16.9 Å². The van der Waals surface area contributed by atoms with Gasteiger partial charge in [-0.2, -0.15) is 0 Å². The molecule has 2 aromatic carbocycles. The molecule has 1 amide bonds. The molecule has 0 spiro atoms. The summed E-state index contributed by atoms with van der Waals surface area (Å²) >= 11 is 1.34. The first kappa shape index (κ1) is 19.0. The van der Waals surface area contributed by atoms with Gasteiger partial charge in [-0.1, -0.05) is 53.2 Å². The van der Waals surface area contributed by atoms with Crippen LogP contribution in [0.2, 0.25) is 0 Å². The predicted octanol–water partition coefficient (Wildman–Crippen LogP) is 4.25. The van der Waals surface area contributed by atoms with Crippen molar-refractivity contribution < 1.29 is 4.79 Å². The number of rotatable bonds is 5. The number of hydrogen-bond donors (Lipinski definition) is 1. The Kier molecular flexibility index (Phi) is 5.22. The van der Waals surface area contributed by atoms with Crippen molar-refractivity contribution in [2.75, 3.05) is 0 Å². The third kappa shape index (κ3) is 3.95. The van der Waals surface area contributed by atoms with Crippen molar-refractivity contribution in [3.8, 4) is 16.4 Å². The molecule has 2 heterocycles. The summed E-state index contributed by atoms with van der Waals surface area (Å²) in [7, 11) is 0. The van der Waals surface area contributed by atoms with E-state index in [1.807, 2.05) is 75.4 Å². The summed E-state index contributed by atoms with van der Waals surface area (Å²) in [5.74, 6) is -0.126. The molecular formula is C22H21N5OS. The quantitative estimate of drug-likeness (QED) is 0.541. The molecule has 0 radical (unpaired) electrons. The summed E-state index contributed by atoms with van der Waals surface area (Å²) in [6, 6.07) is 17.9. The highest BCUT2D eigenvalue weighted by Crippen LogP contribution is 2.29. The lowest BCUT2D eigenvalue weighted by Crippen LogP contribution is -2.22. The van der Waals surface area contributed by atoms with Gasteiger partial charge in [0.15, 0.2) is 0 Å². The normalized spacial score (nSPS) is 10.9. The number of carbonyl (C=O) groups excluding carboxylic acids is 1. The minimum atomic E-state index is -0.126. The summed E-state index contributed by atoms with van der Waals surface area (Å²) < 4.78 is 1.79. The number of aromatic nitrogens is 4. The van der Waals surface area contributed by atoms with Crippen LogP contribution >= 0.6 is 11.3 Å². The summed E-state index contributed by atoms with van der Waals surface area (Å²) in [4.78, 5) is 17.8. The van der Waals surface area contributed by atoms with Crippen molar-refractivity contribution in [1.82, 2.24) is 25.3 Å². The van der Waals surface area contributed by atoms with Crippen molar-refractivity contribution in [2.45, 2.75) is 27.3 Å². The Morgan fingerprint density at radius 3 is 2.48 bits per heavy atom. The highest BCUT2D eigenvalue weighted by molar-refractivity contribution is 7.17. The second-order valence-corrected chi connectivity index (χ2v) is 7.87. The summed E-state index contributed by atoms with van der Waals surface area (Å²) in [6.45, 7) is 6.33. The second kappa shape index (κ2) is 7.97. The zero-order valence-corrected chi connectivity index (χ0v) is 17.3. The van der Waals surface area contributed by atoms with Gasteiger partial charge >= 0.3 is 0 Å². The van der Waals surface area contributed by atoms with Gasteiger partial charge in [0.2, 0.25) is 0 Å². The zero-order chi connectivity index (χ0) is 20.4. The van der Waals surface area contributed by atoms with Crippen LogP contribution in [0.1, 0.15) is 32.2 Å². The molecule has 0 aliphatic rings. The van der Waals surface area contributed by atoms with Crippen LogP contribution in [0.5, 0.6) is 0 Å². The van der Waals surface area contributed by atoms with E-state index in [0.29, 0.717) is 27.8 Å². The molecule has 0 unspecified atom stereocenters. The van der Waals surface area contributed by atoms with Crippen LogP contribution in [0.15, 0.2) is 54.6 Å². The van der Waals surface area contributed by atoms with Gasteiger partial charge in [0.1, 0.15) is 15.6 Å². The topological polar surface area (TPSA) is 72.7 Å². The number of nitrogens with one attached hydrogen (secondary N) is 1. The maximum Gasteiger partial charge on any atom is 0.263 e. The zero-order valence-electron chi connectivity index (χ0n) is 16.5. The molecule has 0 aliphatic heterocycles. The standard InChI is InChI=1S/C22H21N5OS/c1-14-9-11-18(12-10-14)27-16(3)19(25-26-27)22-24-15(2)20(29-22)21(28)23-13-17-7-5-4-6-8-17/h4-12H,13H2,1-3H3,(H,23,28). The van der Waals surface area contributed by atoms with E-state index >= 15 is 0 Å². The van der Waals surface area contributed by atoms with Crippen LogP contribution in [-0.2, 0) is 6.54 Å². The minimum absolute atomic E-state index is 0.126. The predicted molar refractivity (Wildman–Crippen MR) is 114 cm³/mol. The van der Waals surface area contributed by atoms with Gasteiger partial charge in [-0.15, -0.1) is 16.4 Å². The number of nitrogens with zero attached hydrogens (tertiary/aromatic N) is 4.